The summed E-state index contributed by atoms with van der Waals surface area (Å²) in [6, 6.07) is 8.14. The van der Waals surface area contributed by atoms with Crippen molar-refractivity contribution in [2.24, 2.45) is 0 Å². The van der Waals surface area contributed by atoms with Crippen LogP contribution >= 0.6 is 11.6 Å². The van der Waals surface area contributed by atoms with Crippen molar-refractivity contribution in [3.8, 4) is 0 Å². The van der Waals surface area contributed by atoms with Crippen LogP contribution < -0.4 is 5.32 Å². The lowest BCUT2D eigenvalue weighted by atomic mass is 10.1. The fourth-order valence-corrected chi connectivity index (χ4v) is 2.46. The van der Waals surface area contributed by atoms with Crippen LogP contribution in [-0.2, 0) is 6.54 Å². The van der Waals surface area contributed by atoms with E-state index in [1.165, 1.54) is 5.56 Å². The lowest BCUT2D eigenvalue weighted by Gasteiger charge is -2.28. The molecule has 1 aliphatic heterocycles. The number of benzene rings is 1. The van der Waals surface area contributed by atoms with Crippen LogP contribution in [-0.4, -0.2) is 42.3 Å². The molecule has 1 atom stereocenters. The van der Waals surface area contributed by atoms with Crippen LogP contribution in [0.15, 0.2) is 24.3 Å². The molecule has 94 valence electrons. The maximum atomic E-state index is 9.41. The van der Waals surface area contributed by atoms with Crippen molar-refractivity contribution in [1.82, 2.24) is 10.2 Å². The van der Waals surface area contributed by atoms with Crippen LogP contribution in [0, 0.1) is 0 Å². The molecule has 1 saturated heterocycles. The van der Waals surface area contributed by atoms with E-state index < -0.39 is 0 Å². The SMILES string of the molecule is OCC1CNCCCN1Cc1cccc(Cl)c1. The highest BCUT2D eigenvalue weighted by molar-refractivity contribution is 6.30. The van der Waals surface area contributed by atoms with Crippen LogP contribution in [0.1, 0.15) is 12.0 Å². The topological polar surface area (TPSA) is 35.5 Å². The Labute approximate surface area is 107 Å². The molecule has 0 aliphatic carbocycles. The number of halogens is 1. The number of hydrogen-bond donors (Lipinski definition) is 2. The van der Waals surface area contributed by atoms with E-state index in [1.54, 1.807) is 0 Å². The number of aliphatic hydroxyl groups excluding tert-OH is 1. The second kappa shape index (κ2) is 6.36. The lowest BCUT2D eigenvalue weighted by Crippen LogP contribution is -2.41. The van der Waals surface area contributed by atoms with E-state index in [9.17, 15) is 5.11 Å². The van der Waals surface area contributed by atoms with Gasteiger partial charge in [-0.05, 0) is 30.7 Å². The van der Waals surface area contributed by atoms with Gasteiger partial charge in [0.15, 0.2) is 0 Å². The van der Waals surface area contributed by atoms with Gasteiger partial charge in [-0.3, -0.25) is 4.90 Å². The Kier molecular flexibility index (Phi) is 4.80. The first-order chi connectivity index (χ1) is 8.29. The molecule has 1 aromatic rings. The van der Waals surface area contributed by atoms with Crippen LogP contribution in [0.25, 0.3) is 0 Å². The Morgan fingerprint density at radius 2 is 2.35 bits per heavy atom. The predicted molar refractivity (Wildman–Crippen MR) is 70.2 cm³/mol. The van der Waals surface area contributed by atoms with E-state index >= 15 is 0 Å². The molecule has 1 aromatic carbocycles. The van der Waals surface area contributed by atoms with Gasteiger partial charge in [-0.1, -0.05) is 23.7 Å². The van der Waals surface area contributed by atoms with Gasteiger partial charge in [0.25, 0.3) is 0 Å². The molecular weight excluding hydrogens is 236 g/mol. The quantitative estimate of drug-likeness (QED) is 0.858. The summed E-state index contributed by atoms with van der Waals surface area (Å²) in [4.78, 5) is 2.33. The van der Waals surface area contributed by atoms with E-state index in [1.807, 2.05) is 18.2 Å². The van der Waals surface area contributed by atoms with Gasteiger partial charge in [-0.25, -0.2) is 0 Å². The number of aliphatic hydroxyl groups is 1. The summed E-state index contributed by atoms with van der Waals surface area (Å²) in [7, 11) is 0. The third kappa shape index (κ3) is 3.68. The fourth-order valence-electron chi connectivity index (χ4n) is 2.25. The van der Waals surface area contributed by atoms with Crippen molar-refractivity contribution in [2.45, 2.75) is 19.0 Å². The molecule has 2 rings (SSSR count). The van der Waals surface area contributed by atoms with Crippen molar-refractivity contribution in [2.75, 3.05) is 26.2 Å². The third-order valence-corrected chi connectivity index (χ3v) is 3.42. The van der Waals surface area contributed by atoms with Gasteiger partial charge in [0.2, 0.25) is 0 Å². The van der Waals surface area contributed by atoms with Crippen molar-refractivity contribution in [3.63, 3.8) is 0 Å². The molecule has 1 heterocycles. The average Bonchev–Trinajstić information content (AvgIpc) is 2.54. The average molecular weight is 255 g/mol. The number of nitrogens with zero attached hydrogens (tertiary/aromatic N) is 1. The van der Waals surface area contributed by atoms with Gasteiger partial charge in [0.1, 0.15) is 0 Å². The van der Waals surface area contributed by atoms with Crippen molar-refractivity contribution in [1.29, 1.82) is 0 Å². The van der Waals surface area contributed by atoms with Gasteiger partial charge in [0, 0.05) is 30.7 Å². The fraction of sp³-hybridized carbons (Fsp3) is 0.538. The summed E-state index contributed by atoms with van der Waals surface area (Å²) in [5.41, 5.74) is 1.21. The van der Waals surface area contributed by atoms with E-state index in [0.29, 0.717) is 0 Å². The number of rotatable bonds is 3. The molecule has 17 heavy (non-hydrogen) atoms. The van der Waals surface area contributed by atoms with Gasteiger partial charge in [0.05, 0.1) is 6.61 Å². The van der Waals surface area contributed by atoms with E-state index in [2.05, 4.69) is 16.3 Å². The minimum Gasteiger partial charge on any atom is -0.395 e. The van der Waals surface area contributed by atoms with Gasteiger partial charge in [-0.2, -0.15) is 0 Å². The molecule has 0 bridgehead atoms. The van der Waals surface area contributed by atoms with E-state index in [4.69, 9.17) is 11.6 Å². The minimum absolute atomic E-state index is 0.202. The molecule has 0 radical (unpaired) electrons. The second-order valence-electron chi connectivity index (χ2n) is 4.49. The first-order valence-electron chi connectivity index (χ1n) is 6.09. The largest absolute Gasteiger partial charge is 0.395 e. The number of nitrogens with one attached hydrogen (secondary N) is 1. The molecule has 0 spiro atoms. The Balaban J connectivity index is 2.04. The molecule has 3 nitrogen and oxygen atoms in total. The maximum absolute atomic E-state index is 9.41. The van der Waals surface area contributed by atoms with E-state index in [0.717, 1.165) is 37.6 Å². The molecule has 4 heteroatoms. The summed E-state index contributed by atoms with van der Waals surface area (Å²) in [6.45, 7) is 3.96. The van der Waals surface area contributed by atoms with Gasteiger partial charge < -0.3 is 10.4 Å². The molecule has 1 aliphatic rings. The Morgan fingerprint density at radius 3 is 3.12 bits per heavy atom. The first kappa shape index (κ1) is 12.8. The second-order valence-corrected chi connectivity index (χ2v) is 4.93. The molecule has 2 N–H and O–H groups in total. The third-order valence-electron chi connectivity index (χ3n) is 3.18. The minimum atomic E-state index is 0.202. The zero-order valence-corrected chi connectivity index (χ0v) is 10.7. The van der Waals surface area contributed by atoms with Gasteiger partial charge >= 0.3 is 0 Å². The van der Waals surface area contributed by atoms with Crippen LogP contribution in [0.3, 0.4) is 0 Å². The molecule has 0 saturated carbocycles. The standard InChI is InChI=1S/C13H19ClN2O/c14-12-4-1-3-11(7-12)9-16-6-2-5-15-8-13(16)10-17/h1,3-4,7,13,15,17H,2,5-6,8-10H2. The van der Waals surface area contributed by atoms with Crippen molar-refractivity contribution < 1.29 is 5.11 Å². The molecule has 0 amide bonds. The van der Waals surface area contributed by atoms with Crippen LogP contribution in [0.5, 0.6) is 0 Å². The van der Waals surface area contributed by atoms with Crippen LogP contribution in [0.4, 0.5) is 0 Å². The maximum Gasteiger partial charge on any atom is 0.0599 e. The highest BCUT2D eigenvalue weighted by Crippen LogP contribution is 2.15. The molecule has 0 aromatic heterocycles. The Bertz CT molecular complexity index is 359. The van der Waals surface area contributed by atoms with Crippen molar-refractivity contribution in [3.05, 3.63) is 34.9 Å². The summed E-state index contributed by atoms with van der Waals surface area (Å²) >= 11 is 5.98. The Morgan fingerprint density at radius 1 is 1.47 bits per heavy atom. The first-order valence-corrected chi connectivity index (χ1v) is 6.47. The normalized spacial score (nSPS) is 22.4. The van der Waals surface area contributed by atoms with E-state index in [-0.39, 0.29) is 12.6 Å². The molecular formula is C13H19ClN2O. The highest BCUT2D eigenvalue weighted by atomic mass is 35.5. The summed E-state index contributed by atoms with van der Waals surface area (Å²) in [5.74, 6) is 0. The summed E-state index contributed by atoms with van der Waals surface area (Å²) in [5, 5.41) is 13.5. The predicted octanol–water partition coefficient (Wildman–Crippen LogP) is 1.50. The molecule has 1 fully saturated rings. The number of hydrogen-bond acceptors (Lipinski definition) is 3. The summed E-state index contributed by atoms with van der Waals surface area (Å²) < 4.78 is 0. The lowest BCUT2D eigenvalue weighted by molar-refractivity contribution is 0.126. The van der Waals surface area contributed by atoms with Gasteiger partial charge in [-0.15, -0.1) is 0 Å². The zero-order valence-electron chi connectivity index (χ0n) is 9.90. The Hall–Kier alpha value is -0.610. The molecule has 1 unspecified atom stereocenters. The summed E-state index contributed by atoms with van der Waals surface area (Å²) in [6.07, 6.45) is 1.12. The smallest absolute Gasteiger partial charge is 0.0599 e. The zero-order chi connectivity index (χ0) is 12.1. The monoisotopic (exact) mass is 254 g/mol. The highest BCUT2D eigenvalue weighted by Gasteiger charge is 2.19. The van der Waals surface area contributed by atoms with Crippen molar-refractivity contribution >= 4 is 11.6 Å². The van der Waals surface area contributed by atoms with Crippen LogP contribution in [0.2, 0.25) is 5.02 Å².